The molecule has 0 aromatic carbocycles. The molecule has 2 saturated heterocycles. The second-order valence-corrected chi connectivity index (χ2v) is 6.50. The number of rotatable bonds is 4. The minimum atomic E-state index is 0. The van der Waals surface area contributed by atoms with Crippen LogP contribution in [-0.2, 0) is 9.53 Å². The van der Waals surface area contributed by atoms with E-state index in [0.29, 0.717) is 17.2 Å². The molecule has 3 aliphatic rings. The Kier molecular flexibility index (Phi) is 5.70. The number of carbonyl (C=O) groups is 1. The second-order valence-electron chi connectivity index (χ2n) is 6.50. The lowest BCUT2D eigenvalue weighted by Gasteiger charge is -2.24. The Morgan fingerprint density at radius 2 is 1.95 bits per heavy atom. The first kappa shape index (κ1) is 16.1. The van der Waals surface area contributed by atoms with Crippen molar-refractivity contribution in [1.29, 1.82) is 0 Å². The van der Waals surface area contributed by atoms with Crippen molar-refractivity contribution in [2.24, 2.45) is 17.3 Å². The van der Waals surface area contributed by atoms with Crippen molar-refractivity contribution in [1.82, 2.24) is 10.6 Å². The lowest BCUT2D eigenvalue weighted by Crippen LogP contribution is -2.34. The van der Waals surface area contributed by atoms with Crippen LogP contribution in [0.25, 0.3) is 0 Å². The molecule has 2 aliphatic heterocycles. The van der Waals surface area contributed by atoms with Gasteiger partial charge in [-0.3, -0.25) is 4.79 Å². The minimum Gasteiger partial charge on any atom is -0.381 e. The molecule has 1 amide bonds. The highest BCUT2D eigenvalue weighted by Crippen LogP contribution is 2.58. The van der Waals surface area contributed by atoms with Gasteiger partial charge in [-0.2, -0.15) is 0 Å². The summed E-state index contributed by atoms with van der Waals surface area (Å²) in [5, 5.41) is 6.55. The molecule has 1 spiro atoms. The Labute approximate surface area is 127 Å². The van der Waals surface area contributed by atoms with E-state index >= 15 is 0 Å². The van der Waals surface area contributed by atoms with Gasteiger partial charge in [0.25, 0.3) is 0 Å². The van der Waals surface area contributed by atoms with Gasteiger partial charge in [0.1, 0.15) is 0 Å². The van der Waals surface area contributed by atoms with Crippen LogP contribution in [0.5, 0.6) is 0 Å². The van der Waals surface area contributed by atoms with E-state index in [1.54, 1.807) is 0 Å². The first-order valence-corrected chi connectivity index (χ1v) is 7.86. The SMILES string of the molecule is Cl.O=C(NCCC1CCOCC1)C1CC12CCNCC2. The maximum absolute atomic E-state index is 12.2. The van der Waals surface area contributed by atoms with Crippen molar-refractivity contribution in [3.05, 3.63) is 0 Å². The zero-order chi connectivity index (χ0) is 13.1. The van der Waals surface area contributed by atoms with E-state index in [1.165, 1.54) is 12.8 Å². The number of halogens is 1. The van der Waals surface area contributed by atoms with Crippen molar-refractivity contribution >= 4 is 18.3 Å². The standard InChI is InChI=1S/C15H26N2O2.ClH/c18-14(13-11-15(13)4-7-16-8-5-15)17-6-1-12-2-9-19-10-3-12;/h12-13,16H,1-11H2,(H,17,18);1H. The molecule has 1 atom stereocenters. The van der Waals surface area contributed by atoms with Gasteiger partial charge in [0, 0.05) is 25.7 Å². The molecule has 4 nitrogen and oxygen atoms in total. The van der Waals surface area contributed by atoms with Crippen LogP contribution in [0, 0.1) is 17.3 Å². The van der Waals surface area contributed by atoms with Crippen LogP contribution in [0.2, 0.25) is 0 Å². The Balaban J connectivity index is 0.00000147. The highest BCUT2D eigenvalue weighted by Gasteiger charge is 2.57. The Bertz CT molecular complexity index is 326. The molecular formula is C15H27ClN2O2. The van der Waals surface area contributed by atoms with Gasteiger partial charge >= 0.3 is 0 Å². The average molecular weight is 303 g/mol. The van der Waals surface area contributed by atoms with Gasteiger partial charge in [-0.1, -0.05) is 0 Å². The fourth-order valence-corrected chi connectivity index (χ4v) is 3.75. The normalized spacial score (nSPS) is 28.7. The smallest absolute Gasteiger partial charge is 0.223 e. The zero-order valence-electron chi connectivity index (χ0n) is 12.2. The number of hydrogen-bond donors (Lipinski definition) is 2. The van der Waals surface area contributed by atoms with Gasteiger partial charge in [0.2, 0.25) is 5.91 Å². The molecule has 116 valence electrons. The van der Waals surface area contributed by atoms with E-state index in [4.69, 9.17) is 4.74 Å². The van der Waals surface area contributed by atoms with Crippen LogP contribution in [0.3, 0.4) is 0 Å². The largest absolute Gasteiger partial charge is 0.381 e. The van der Waals surface area contributed by atoms with Crippen molar-refractivity contribution in [3.63, 3.8) is 0 Å². The molecule has 2 N–H and O–H groups in total. The summed E-state index contributed by atoms with van der Waals surface area (Å²) in [5.74, 6) is 1.37. The third-order valence-electron chi connectivity index (χ3n) is 5.30. The van der Waals surface area contributed by atoms with E-state index in [2.05, 4.69) is 10.6 Å². The van der Waals surface area contributed by atoms with E-state index in [9.17, 15) is 4.79 Å². The highest BCUT2D eigenvalue weighted by atomic mass is 35.5. The first-order chi connectivity index (χ1) is 9.30. The molecular weight excluding hydrogens is 276 g/mol. The summed E-state index contributed by atoms with van der Waals surface area (Å²) in [5.41, 5.74) is 0.369. The lowest BCUT2D eigenvalue weighted by molar-refractivity contribution is -0.123. The van der Waals surface area contributed by atoms with Gasteiger partial charge < -0.3 is 15.4 Å². The van der Waals surface area contributed by atoms with Crippen LogP contribution >= 0.6 is 12.4 Å². The molecule has 0 bridgehead atoms. The third kappa shape index (κ3) is 3.66. The molecule has 5 heteroatoms. The molecule has 0 aromatic heterocycles. The summed E-state index contributed by atoms with van der Waals surface area (Å²) in [4.78, 5) is 12.2. The number of piperidine rings is 1. The summed E-state index contributed by atoms with van der Waals surface area (Å²) in [6.45, 7) is 4.83. The molecule has 0 radical (unpaired) electrons. The van der Waals surface area contributed by atoms with Crippen LogP contribution in [0.15, 0.2) is 0 Å². The summed E-state index contributed by atoms with van der Waals surface area (Å²) < 4.78 is 5.36. The van der Waals surface area contributed by atoms with E-state index in [1.807, 2.05) is 0 Å². The van der Waals surface area contributed by atoms with Gasteiger partial charge in [0.05, 0.1) is 0 Å². The van der Waals surface area contributed by atoms with E-state index in [0.717, 1.165) is 64.4 Å². The maximum atomic E-state index is 12.2. The Morgan fingerprint density at radius 1 is 1.25 bits per heavy atom. The molecule has 1 saturated carbocycles. The molecule has 1 unspecified atom stereocenters. The first-order valence-electron chi connectivity index (χ1n) is 7.86. The molecule has 3 rings (SSSR count). The predicted molar refractivity (Wildman–Crippen MR) is 81.1 cm³/mol. The van der Waals surface area contributed by atoms with Crippen LogP contribution in [-0.4, -0.2) is 38.8 Å². The number of hydrogen-bond acceptors (Lipinski definition) is 3. The fourth-order valence-electron chi connectivity index (χ4n) is 3.75. The number of ether oxygens (including phenoxy) is 1. The molecule has 20 heavy (non-hydrogen) atoms. The molecule has 1 aliphatic carbocycles. The van der Waals surface area contributed by atoms with Gasteiger partial charge in [-0.05, 0) is 62.9 Å². The predicted octanol–water partition coefficient (Wildman–Crippen LogP) is 1.73. The van der Waals surface area contributed by atoms with Crippen LogP contribution in [0.4, 0.5) is 0 Å². The van der Waals surface area contributed by atoms with E-state index in [-0.39, 0.29) is 12.4 Å². The van der Waals surface area contributed by atoms with Crippen molar-refractivity contribution < 1.29 is 9.53 Å². The highest BCUT2D eigenvalue weighted by molar-refractivity contribution is 5.85. The van der Waals surface area contributed by atoms with E-state index < -0.39 is 0 Å². The summed E-state index contributed by atoms with van der Waals surface area (Å²) >= 11 is 0. The maximum Gasteiger partial charge on any atom is 0.223 e. The monoisotopic (exact) mass is 302 g/mol. The topological polar surface area (TPSA) is 50.4 Å². The number of carbonyl (C=O) groups excluding carboxylic acids is 1. The summed E-state index contributed by atoms with van der Waals surface area (Å²) in [7, 11) is 0. The summed E-state index contributed by atoms with van der Waals surface area (Å²) in [6.07, 6.45) is 6.94. The van der Waals surface area contributed by atoms with Crippen molar-refractivity contribution in [2.75, 3.05) is 32.8 Å². The van der Waals surface area contributed by atoms with Crippen LogP contribution in [0.1, 0.15) is 38.5 Å². The number of amides is 1. The number of nitrogens with one attached hydrogen (secondary N) is 2. The quantitative estimate of drug-likeness (QED) is 0.831. The van der Waals surface area contributed by atoms with Gasteiger partial charge in [-0.15, -0.1) is 12.4 Å². The zero-order valence-corrected chi connectivity index (χ0v) is 13.0. The van der Waals surface area contributed by atoms with Crippen LogP contribution < -0.4 is 10.6 Å². The molecule has 3 fully saturated rings. The molecule has 0 aromatic rings. The molecule has 2 heterocycles. The second kappa shape index (κ2) is 7.10. The minimum absolute atomic E-state index is 0. The lowest BCUT2D eigenvalue weighted by atomic mass is 9.91. The average Bonchev–Trinajstić information content (AvgIpc) is 3.14. The van der Waals surface area contributed by atoms with Gasteiger partial charge in [0.15, 0.2) is 0 Å². The van der Waals surface area contributed by atoms with Crippen molar-refractivity contribution in [3.8, 4) is 0 Å². The third-order valence-corrected chi connectivity index (χ3v) is 5.30. The Hall–Kier alpha value is -0.320. The summed E-state index contributed by atoms with van der Waals surface area (Å²) in [6, 6.07) is 0. The fraction of sp³-hybridized carbons (Fsp3) is 0.933. The Morgan fingerprint density at radius 3 is 2.65 bits per heavy atom. The van der Waals surface area contributed by atoms with Crippen molar-refractivity contribution in [2.45, 2.75) is 38.5 Å². The van der Waals surface area contributed by atoms with Gasteiger partial charge in [-0.25, -0.2) is 0 Å².